The first-order valence-electron chi connectivity index (χ1n) is 8.02. The molecule has 2 aromatic rings. The highest BCUT2D eigenvalue weighted by Crippen LogP contribution is 2.34. The van der Waals surface area contributed by atoms with E-state index in [4.69, 9.17) is 9.15 Å². The van der Waals surface area contributed by atoms with E-state index in [1.54, 1.807) is 7.11 Å². The van der Waals surface area contributed by atoms with E-state index in [0.717, 1.165) is 42.6 Å². The summed E-state index contributed by atoms with van der Waals surface area (Å²) in [5.41, 5.74) is 0.937. The molecule has 1 saturated heterocycles. The number of rotatable bonds is 5. The molecule has 22 heavy (non-hydrogen) atoms. The minimum Gasteiger partial charge on any atom is -0.497 e. The largest absolute Gasteiger partial charge is 0.497 e. The van der Waals surface area contributed by atoms with Gasteiger partial charge >= 0.3 is 0 Å². The average molecular weight is 299 g/mol. The molecule has 2 aliphatic rings. The Morgan fingerprint density at radius 3 is 2.73 bits per heavy atom. The Kier molecular flexibility index (Phi) is 3.58. The highest BCUT2D eigenvalue weighted by atomic mass is 16.5. The number of likely N-dealkylation sites (tertiary alicyclic amines) is 1. The van der Waals surface area contributed by atoms with Crippen molar-refractivity contribution < 1.29 is 9.15 Å². The summed E-state index contributed by atoms with van der Waals surface area (Å²) in [6, 6.07) is 7.71. The predicted molar refractivity (Wildman–Crippen MR) is 82.8 cm³/mol. The van der Waals surface area contributed by atoms with Crippen LogP contribution in [0.25, 0.3) is 11.5 Å². The van der Waals surface area contributed by atoms with E-state index in [1.807, 2.05) is 24.3 Å². The van der Waals surface area contributed by atoms with E-state index in [-0.39, 0.29) is 0 Å². The predicted octanol–water partition coefficient (Wildman–Crippen LogP) is 2.94. The minimum absolute atomic E-state index is 0.387. The molecule has 0 amide bonds. The summed E-state index contributed by atoms with van der Waals surface area (Å²) in [4.78, 5) is 2.54. The van der Waals surface area contributed by atoms with Gasteiger partial charge in [-0.3, -0.25) is 0 Å². The van der Waals surface area contributed by atoms with E-state index in [9.17, 15) is 0 Å². The van der Waals surface area contributed by atoms with E-state index in [0.29, 0.717) is 11.8 Å². The third kappa shape index (κ3) is 2.86. The Hall–Kier alpha value is -1.88. The van der Waals surface area contributed by atoms with Gasteiger partial charge in [0.25, 0.3) is 0 Å². The maximum atomic E-state index is 5.91. The van der Waals surface area contributed by atoms with Crippen LogP contribution in [0, 0.1) is 5.92 Å². The van der Waals surface area contributed by atoms with E-state index >= 15 is 0 Å². The van der Waals surface area contributed by atoms with Crippen LogP contribution in [0.3, 0.4) is 0 Å². The van der Waals surface area contributed by atoms with Crippen molar-refractivity contribution in [3.05, 3.63) is 30.2 Å². The normalized spacial score (nSPS) is 22.1. The lowest BCUT2D eigenvalue weighted by Gasteiger charge is -2.13. The second kappa shape index (κ2) is 5.72. The van der Waals surface area contributed by atoms with Crippen LogP contribution in [0.1, 0.15) is 31.1 Å². The molecule has 2 heterocycles. The van der Waals surface area contributed by atoms with Crippen molar-refractivity contribution in [3.8, 4) is 17.2 Å². The highest BCUT2D eigenvalue weighted by molar-refractivity contribution is 5.54. The number of hydrogen-bond acceptors (Lipinski definition) is 5. The number of methoxy groups -OCH3 is 1. The first-order chi connectivity index (χ1) is 10.8. The molecule has 0 radical (unpaired) electrons. The standard InChI is InChI=1S/C17H21N3O2/c1-21-15-6-4-13(5-7-15)16-18-19-17(22-16)14-8-9-20(11-14)10-12-2-3-12/h4-7,12,14H,2-3,8-11H2,1H3/t14-/m0/s1. The second-order valence-corrected chi connectivity index (χ2v) is 6.36. The lowest BCUT2D eigenvalue weighted by molar-refractivity contribution is 0.314. The smallest absolute Gasteiger partial charge is 0.247 e. The van der Waals surface area contributed by atoms with Gasteiger partial charge < -0.3 is 14.1 Å². The van der Waals surface area contributed by atoms with Gasteiger partial charge in [-0.1, -0.05) is 0 Å². The van der Waals surface area contributed by atoms with E-state index < -0.39 is 0 Å². The summed E-state index contributed by atoms with van der Waals surface area (Å²) < 4.78 is 11.1. The van der Waals surface area contributed by atoms with Crippen LogP contribution in [0.2, 0.25) is 0 Å². The van der Waals surface area contributed by atoms with Crippen molar-refractivity contribution in [3.63, 3.8) is 0 Å². The van der Waals surface area contributed by atoms with Crippen LogP contribution in [0.15, 0.2) is 28.7 Å². The molecule has 1 aromatic heterocycles. The summed E-state index contributed by atoms with van der Waals surface area (Å²) in [6.45, 7) is 3.46. The van der Waals surface area contributed by atoms with Crippen molar-refractivity contribution in [1.82, 2.24) is 15.1 Å². The van der Waals surface area contributed by atoms with Crippen LogP contribution < -0.4 is 4.74 Å². The molecule has 0 N–H and O–H groups in total. The first-order valence-corrected chi connectivity index (χ1v) is 8.02. The van der Waals surface area contributed by atoms with Crippen molar-refractivity contribution in [2.45, 2.75) is 25.2 Å². The van der Waals surface area contributed by atoms with Crippen molar-refractivity contribution in [2.24, 2.45) is 5.92 Å². The number of nitrogens with zero attached hydrogens (tertiary/aromatic N) is 3. The molecule has 4 rings (SSSR count). The molecule has 1 atom stereocenters. The summed E-state index contributed by atoms with van der Waals surface area (Å²) in [5, 5.41) is 8.48. The SMILES string of the molecule is COc1ccc(-c2nnc([C@H]3CCN(CC4CC4)C3)o2)cc1. The van der Waals surface area contributed by atoms with Crippen LogP contribution in [0.5, 0.6) is 5.75 Å². The summed E-state index contributed by atoms with van der Waals surface area (Å²) >= 11 is 0. The molecule has 1 aliphatic carbocycles. The molecular formula is C17H21N3O2. The van der Waals surface area contributed by atoms with Crippen molar-refractivity contribution in [2.75, 3.05) is 26.7 Å². The second-order valence-electron chi connectivity index (χ2n) is 6.36. The van der Waals surface area contributed by atoms with Crippen LogP contribution >= 0.6 is 0 Å². The van der Waals surface area contributed by atoms with Gasteiger partial charge in [0, 0.05) is 18.7 Å². The van der Waals surface area contributed by atoms with Gasteiger partial charge in [-0.15, -0.1) is 10.2 Å². The highest BCUT2D eigenvalue weighted by Gasteiger charge is 2.32. The molecule has 5 heteroatoms. The number of hydrogen-bond donors (Lipinski definition) is 0. The fraction of sp³-hybridized carbons (Fsp3) is 0.529. The molecule has 1 aromatic carbocycles. The summed E-state index contributed by atoms with van der Waals surface area (Å²) in [6.07, 6.45) is 3.93. The van der Waals surface area contributed by atoms with Gasteiger partial charge in [0.2, 0.25) is 11.8 Å². The zero-order valence-electron chi connectivity index (χ0n) is 12.9. The Morgan fingerprint density at radius 2 is 2.00 bits per heavy atom. The van der Waals surface area contributed by atoms with Crippen molar-refractivity contribution >= 4 is 0 Å². The van der Waals surface area contributed by atoms with Crippen molar-refractivity contribution in [1.29, 1.82) is 0 Å². The average Bonchev–Trinajstić information content (AvgIpc) is 3.03. The topological polar surface area (TPSA) is 51.4 Å². The lowest BCUT2D eigenvalue weighted by atomic mass is 10.1. The fourth-order valence-electron chi connectivity index (χ4n) is 3.12. The Morgan fingerprint density at radius 1 is 1.18 bits per heavy atom. The Labute approximate surface area is 130 Å². The molecule has 2 fully saturated rings. The maximum absolute atomic E-state index is 5.91. The number of aromatic nitrogens is 2. The van der Waals surface area contributed by atoms with Crippen LogP contribution in [0.4, 0.5) is 0 Å². The summed E-state index contributed by atoms with van der Waals surface area (Å²) in [5.74, 6) is 3.53. The third-order valence-corrected chi connectivity index (χ3v) is 4.61. The first kappa shape index (κ1) is 13.8. The molecule has 0 spiro atoms. The molecule has 1 aliphatic heterocycles. The van der Waals surface area contributed by atoms with Gasteiger partial charge in [0.1, 0.15) is 5.75 Å². The molecule has 0 unspecified atom stereocenters. The Balaban J connectivity index is 1.44. The molecular weight excluding hydrogens is 278 g/mol. The van der Waals surface area contributed by atoms with Gasteiger partial charge in [0.15, 0.2) is 0 Å². The summed E-state index contributed by atoms with van der Waals surface area (Å²) in [7, 11) is 1.66. The van der Waals surface area contributed by atoms with Gasteiger partial charge in [-0.2, -0.15) is 0 Å². The lowest BCUT2D eigenvalue weighted by Crippen LogP contribution is -2.22. The zero-order chi connectivity index (χ0) is 14.9. The monoisotopic (exact) mass is 299 g/mol. The van der Waals surface area contributed by atoms with Gasteiger partial charge in [0.05, 0.1) is 13.0 Å². The maximum Gasteiger partial charge on any atom is 0.247 e. The van der Waals surface area contributed by atoms with Crippen LogP contribution in [-0.4, -0.2) is 41.8 Å². The zero-order valence-corrected chi connectivity index (χ0v) is 12.9. The molecule has 1 saturated carbocycles. The van der Waals surface area contributed by atoms with E-state index in [2.05, 4.69) is 15.1 Å². The van der Waals surface area contributed by atoms with Gasteiger partial charge in [-0.05, 0) is 56.0 Å². The quantitative estimate of drug-likeness (QED) is 0.849. The molecule has 116 valence electrons. The Bertz CT molecular complexity index is 634. The molecule has 5 nitrogen and oxygen atoms in total. The van der Waals surface area contributed by atoms with E-state index in [1.165, 1.54) is 19.4 Å². The van der Waals surface area contributed by atoms with Gasteiger partial charge in [-0.25, -0.2) is 0 Å². The van der Waals surface area contributed by atoms with Crippen LogP contribution in [-0.2, 0) is 0 Å². The fourth-order valence-corrected chi connectivity index (χ4v) is 3.12. The third-order valence-electron chi connectivity index (χ3n) is 4.61. The number of ether oxygens (including phenoxy) is 1. The minimum atomic E-state index is 0.387. The number of benzene rings is 1. The molecule has 0 bridgehead atoms.